The Labute approximate surface area is 131 Å². The van der Waals surface area contributed by atoms with Gasteiger partial charge in [0.25, 0.3) is 0 Å². The number of carbonyl (C=O) groups is 1. The highest BCUT2D eigenvalue weighted by molar-refractivity contribution is 7.12. The average molecular weight is 307 g/mol. The van der Waals surface area contributed by atoms with Crippen molar-refractivity contribution >= 4 is 23.3 Å². The van der Waals surface area contributed by atoms with Gasteiger partial charge >= 0.3 is 0 Å². The van der Waals surface area contributed by atoms with Crippen LogP contribution in [0.5, 0.6) is 0 Å². The lowest BCUT2D eigenvalue weighted by Crippen LogP contribution is -2.45. The molecule has 1 aliphatic rings. The number of rotatable bonds is 5. The van der Waals surface area contributed by atoms with E-state index in [9.17, 15) is 9.90 Å². The fourth-order valence-corrected chi connectivity index (χ4v) is 3.59. The molecular weight excluding hydrogens is 282 g/mol. The lowest BCUT2D eigenvalue weighted by Gasteiger charge is -2.35. The third-order valence-electron chi connectivity index (χ3n) is 4.37. The summed E-state index contributed by atoms with van der Waals surface area (Å²) in [5.41, 5.74) is -0.714. The highest BCUT2D eigenvalue weighted by Gasteiger charge is 2.32. The van der Waals surface area contributed by atoms with Crippen LogP contribution in [0.25, 0.3) is 6.08 Å². The number of hydrogen-bond acceptors (Lipinski definition) is 3. The van der Waals surface area contributed by atoms with Crippen LogP contribution in [0.4, 0.5) is 0 Å². The number of nitrogens with one attached hydrogen (secondary N) is 1. The molecule has 1 aliphatic carbocycles. The predicted molar refractivity (Wildman–Crippen MR) is 88.3 cm³/mol. The number of carbonyl (C=O) groups excluding carboxylic acids is 1. The van der Waals surface area contributed by atoms with E-state index in [0.29, 0.717) is 6.54 Å². The van der Waals surface area contributed by atoms with Crippen molar-refractivity contribution in [1.29, 1.82) is 0 Å². The molecule has 21 heavy (non-hydrogen) atoms. The fourth-order valence-electron chi connectivity index (χ4n) is 2.81. The third-order valence-corrected chi connectivity index (χ3v) is 5.33. The number of thiophene rings is 1. The summed E-state index contributed by atoms with van der Waals surface area (Å²) in [5, 5.41) is 13.3. The topological polar surface area (TPSA) is 49.3 Å². The van der Waals surface area contributed by atoms with E-state index in [0.717, 1.165) is 36.5 Å². The lowest BCUT2D eigenvalue weighted by atomic mass is 9.78. The summed E-state index contributed by atoms with van der Waals surface area (Å²) in [7, 11) is 0. The second-order valence-electron chi connectivity index (χ2n) is 6.08. The molecule has 1 amide bonds. The Morgan fingerprint density at radius 3 is 2.76 bits per heavy atom. The van der Waals surface area contributed by atoms with Gasteiger partial charge in [-0.2, -0.15) is 0 Å². The second kappa shape index (κ2) is 7.23. The Morgan fingerprint density at radius 2 is 2.19 bits per heavy atom. The molecular formula is C17H25NO2S. The van der Waals surface area contributed by atoms with E-state index in [1.54, 1.807) is 17.4 Å². The van der Waals surface area contributed by atoms with E-state index in [2.05, 4.69) is 12.2 Å². The van der Waals surface area contributed by atoms with Crippen molar-refractivity contribution in [2.24, 2.45) is 5.92 Å². The number of amides is 1. The molecule has 0 radical (unpaired) electrons. The van der Waals surface area contributed by atoms with Crippen LogP contribution in [0, 0.1) is 12.8 Å². The minimum Gasteiger partial charge on any atom is -0.388 e. The molecule has 4 heteroatoms. The smallest absolute Gasteiger partial charge is 0.244 e. The Bertz CT molecular complexity index is 499. The molecule has 0 saturated heterocycles. The van der Waals surface area contributed by atoms with E-state index in [1.807, 2.05) is 25.1 Å². The SMILES string of the molecule is CCC1CCC(O)(CNC(=O)C=Cc2ccc(C)s2)CC1. The summed E-state index contributed by atoms with van der Waals surface area (Å²) in [5.74, 6) is 0.607. The first-order valence-electron chi connectivity index (χ1n) is 7.75. The first-order valence-corrected chi connectivity index (χ1v) is 8.57. The van der Waals surface area contributed by atoms with Crippen molar-refractivity contribution < 1.29 is 9.90 Å². The zero-order valence-corrected chi connectivity index (χ0v) is 13.7. The Balaban J connectivity index is 1.77. The summed E-state index contributed by atoms with van der Waals surface area (Å²) in [4.78, 5) is 14.1. The molecule has 1 aromatic rings. The molecule has 0 atom stereocenters. The van der Waals surface area contributed by atoms with E-state index < -0.39 is 5.60 Å². The van der Waals surface area contributed by atoms with Crippen LogP contribution >= 0.6 is 11.3 Å². The van der Waals surface area contributed by atoms with Crippen molar-refractivity contribution in [1.82, 2.24) is 5.32 Å². The number of hydrogen-bond donors (Lipinski definition) is 2. The van der Waals surface area contributed by atoms with Crippen molar-refractivity contribution in [3.8, 4) is 0 Å². The van der Waals surface area contributed by atoms with Crippen LogP contribution in [0.15, 0.2) is 18.2 Å². The lowest BCUT2D eigenvalue weighted by molar-refractivity contribution is -0.118. The van der Waals surface area contributed by atoms with Crippen molar-refractivity contribution in [3.63, 3.8) is 0 Å². The monoisotopic (exact) mass is 307 g/mol. The minimum atomic E-state index is -0.714. The Hall–Kier alpha value is -1.13. The van der Waals surface area contributed by atoms with Gasteiger partial charge in [-0.05, 0) is 56.7 Å². The van der Waals surface area contributed by atoms with Crippen LogP contribution in [0.3, 0.4) is 0 Å². The van der Waals surface area contributed by atoms with Gasteiger partial charge in [0, 0.05) is 22.4 Å². The Morgan fingerprint density at radius 1 is 1.48 bits per heavy atom. The van der Waals surface area contributed by atoms with Gasteiger partial charge in [0.2, 0.25) is 5.91 Å². The Kier molecular flexibility index (Phi) is 5.59. The van der Waals surface area contributed by atoms with Crippen molar-refractivity contribution in [2.75, 3.05) is 6.54 Å². The summed E-state index contributed by atoms with van der Waals surface area (Å²) in [6.07, 6.45) is 8.27. The largest absolute Gasteiger partial charge is 0.388 e. The summed E-state index contributed by atoms with van der Waals surface area (Å²) in [6.45, 7) is 4.61. The summed E-state index contributed by atoms with van der Waals surface area (Å²) in [6, 6.07) is 4.04. The highest BCUT2D eigenvalue weighted by atomic mass is 32.1. The van der Waals surface area contributed by atoms with E-state index in [1.165, 1.54) is 11.3 Å². The normalized spacial score (nSPS) is 26.1. The maximum atomic E-state index is 11.8. The van der Waals surface area contributed by atoms with Gasteiger partial charge < -0.3 is 10.4 Å². The van der Waals surface area contributed by atoms with Crippen LogP contribution < -0.4 is 5.32 Å². The van der Waals surface area contributed by atoms with Crippen LogP contribution in [0.2, 0.25) is 0 Å². The molecule has 116 valence electrons. The molecule has 0 bridgehead atoms. The van der Waals surface area contributed by atoms with Gasteiger partial charge in [0.05, 0.1) is 5.60 Å². The number of aliphatic hydroxyl groups is 1. The molecule has 1 saturated carbocycles. The fraction of sp³-hybridized carbons (Fsp3) is 0.588. The van der Waals surface area contributed by atoms with Gasteiger partial charge in [-0.15, -0.1) is 11.3 Å². The van der Waals surface area contributed by atoms with Crippen LogP contribution in [-0.4, -0.2) is 23.2 Å². The van der Waals surface area contributed by atoms with Gasteiger partial charge in [-0.3, -0.25) is 4.79 Å². The molecule has 3 nitrogen and oxygen atoms in total. The molecule has 0 aromatic carbocycles. The summed E-state index contributed by atoms with van der Waals surface area (Å²) < 4.78 is 0. The highest BCUT2D eigenvalue weighted by Crippen LogP contribution is 2.33. The molecule has 1 fully saturated rings. The van der Waals surface area contributed by atoms with Crippen LogP contribution in [-0.2, 0) is 4.79 Å². The van der Waals surface area contributed by atoms with E-state index in [-0.39, 0.29) is 5.91 Å². The maximum absolute atomic E-state index is 11.8. The summed E-state index contributed by atoms with van der Waals surface area (Å²) >= 11 is 1.66. The van der Waals surface area contributed by atoms with Gasteiger partial charge in [0.15, 0.2) is 0 Å². The van der Waals surface area contributed by atoms with Crippen LogP contribution in [0.1, 0.15) is 48.8 Å². The molecule has 2 rings (SSSR count). The molecule has 0 spiro atoms. The molecule has 0 unspecified atom stereocenters. The first kappa shape index (κ1) is 16.2. The van der Waals surface area contributed by atoms with Gasteiger partial charge in [0.1, 0.15) is 0 Å². The molecule has 2 N–H and O–H groups in total. The van der Waals surface area contributed by atoms with E-state index >= 15 is 0 Å². The first-order chi connectivity index (χ1) is 10.0. The molecule has 1 aromatic heterocycles. The minimum absolute atomic E-state index is 0.132. The van der Waals surface area contributed by atoms with E-state index in [4.69, 9.17) is 0 Å². The zero-order chi connectivity index (χ0) is 15.3. The molecule has 0 aliphatic heterocycles. The predicted octanol–water partition coefficient (Wildman–Crippen LogP) is 3.52. The van der Waals surface area contributed by atoms with Gasteiger partial charge in [-0.1, -0.05) is 13.3 Å². The van der Waals surface area contributed by atoms with Crippen molar-refractivity contribution in [3.05, 3.63) is 28.0 Å². The average Bonchev–Trinajstić information content (AvgIpc) is 2.90. The molecule has 1 heterocycles. The third kappa shape index (κ3) is 4.97. The maximum Gasteiger partial charge on any atom is 0.244 e. The number of aryl methyl sites for hydroxylation is 1. The van der Waals surface area contributed by atoms with Gasteiger partial charge in [-0.25, -0.2) is 0 Å². The quantitative estimate of drug-likeness (QED) is 0.818. The standard InChI is InChI=1S/C17H25NO2S/c1-3-14-8-10-17(20,11-9-14)12-18-16(19)7-6-15-5-4-13(2)21-15/h4-7,14,20H,3,8-12H2,1-2H3,(H,18,19). The zero-order valence-electron chi connectivity index (χ0n) is 12.9. The van der Waals surface area contributed by atoms with Crippen molar-refractivity contribution in [2.45, 2.75) is 51.6 Å². The second-order valence-corrected chi connectivity index (χ2v) is 7.39.